The number of halogens is 2. The fourth-order valence-corrected chi connectivity index (χ4v) is 2.65. The van der Waals surface area contributed by atoms with E-state index in [1.54, 1.807) is 0 Å². The standard InChI is InChI=1S/C16H15F2N/c17-14-5-1-12(2-6-14)9-16(10-19-11-16)13-3-7-15(18)8-4-13/h1-8,19H,9-11H2. The van der Waals surface area contributed by atoms with E-state index >= 15 is 0 Å². The highest BCUT2D eigenvalue weighted by Gasteiger charge is 2.38. The highest BCUT2D eigenvalue weighted by atomic mass is 19.1. The Morgan fingerprint density at radius 1 is 0.842 bits per heavy atom. The molecule has 1 heterocycles. The first-order chi connectivity index (χ1) is 9.18. The fourth-order valence-electron chi connectivity index (χ4n) is 2.65. The summed E-state index contributed by atoms with van der Waals surface area (Å²) in [6, 6.07) is 13.3. The van der Waals surface area contributed by atoms with Crippen molar-refractivity contribution < 1.29 is 8.78 Å². The normalized spacial score (nSPS) is 16.9. The van der Waals surface area contributed by atoms with Crippen LogP contribution in [0.15, 0.2) is 48.5 Å². The first-order valence-electron chi connectivity index (χ1n) is 6.39. The van der Waals surface area contributed by atoms with Crippen molar-refractivity contribution in [1.82, 2.24) is 5.32 Å². The summed E-state index contributed by atoms with van der Waals surface area (Å²) in [5.41, 5.74) is 2.25. The molecule has 0 saturated carbocycles. The van der Waals surface area contributed by atoms with Gasteiger partial charge in [-0.3, -0.25) is 0 Å². The molecule has 0 atom stereocenters. The molecule has 1 N–H and O–H groups in total. The van der Waals surface area contributed by atoms with Gasteiger partial charge in [-0.1, -0.05) is 24.3 Å². The third-order valence-electron chi connectivity index (χ3n) is 3.84. The average Bonchev–Trinajstić information content (AvgIpc) is 2.37. The predicted molar refractivity (Wildman–Crippen MR) is 71.1 cm³/mol. The Labute approximate surface area is 111 Å². The lowest BCUT2D eigenvalue weighted by atomic mass is 9.71. The molecule has 0 radical (unpaired) electrons. The van der Waals surface area contributed by atoms with Gasteiger partial charge >= 0.3 is 0 Å². The molecule has 0 aliphatic carbocycles. The second kappa shape index (κ2) is 4.74. The fraction of sp³-hybridized carbons (Fsp3) is 0.250. The van der Waals surface area contributed by atoms with Gasteiger partial charge < -0.3 is 5.32 Å². The van der Waals surface area contributed by atoms with Crippen molar-refractivity contribution in [2.45, 2.75) is 11.8 Å². The van der Waals surface area contributed by atoms with E-state index in [-0.39, 0.29) is 17.0 Å². The summed E-state index contributed by atoms with van der Waals surface area (Å²) in [4.78, 5) is 0. The maximum absolute atomic E-state index is 13.0. The number of benzene rings is 2. The van der Waals surface area contributed by atoms with Gasteiger partial charge in [0.05, 0.1) is 0 Å². The Bertz CT molecular complexity index is 556. The first kappa shape index (κ1) is 12.3. The van der Waals surface area contributed by atoms with Crippen molar-refractivity contribution in [2.75, 3.05) is 13.1 Å². The van der Waals surface area contributed by atoms with Gasteiger partial charge in [0.15, 0.2) is 0 Å². The van der Waals surface area contributed by atoms with E-state index in [0.717, 1.165) is 30.6 Å². The summed E-state index contributed by atoms with van der Waals surface area (Å²) in [5.74, 6) is -0.431. The van der Waals surface area contributed by atoms with Crippen molar-refractivity contribution >= 4 is 0 Å². The molecule has 2 aromatic rings. The molecule has 3 heteroatoms. The van der Waals surface area contributed by atoms with E-state index in [2.05, 4.69) is 5.32 Å². The first-order valence-corrected chi connectivity index (χ1v) is 6.39. The van der Waals surface area contributed by atoms with E-state index in [1.165, 1.54) is 24.3 Å². The van der Waals surface area contributed by atoms with E-state index in [9.17, 15) is 8.78 Å². The minimum atomic E-state index is -0.216. The molecule has 3 rings (SSSR count). The summed E-state index contributed by atoms with van der Waals surface area (Å²) in [6.07, 6.45) is 0.839. The lowest BCUT2D eigenvalue weighted by molar-refractivity contribution is 0.274. The summed E-state index contributed by atoms with van der Waals surface area (Å²) >= 11 is 0. The Morgan fingerprint density at radius 2 is 1.37 bits per heavy atom. The minimum absolute atomic E-state index is 0.00549. The highest BCUT2D eigenvalue weighted by Crippen LogP contribution is 2.32. The molecule has 0 spiro atoms. The number of hydrogen-bond donors (Lipinski definition) is 1. The van der Waals surface area contributed by atoms with Crippen LogP contribution < -0.4 is 5.32 Å². The molecule has 1 aliphatic heterocycles. The van der Waals surface area contributed by atoms with Gasteiger partial charge in [-0.25, -0.2) is 8.78 Å². The molecule has 1 saturated heterocycles. The van der Waals surface area contributed by atoms with Gasteiger partial charge in [-0.15, -0.1) is 0 Å². The van der Waals surface area contributed by atoms with Crippen molar-refractivity contribution in [3.63, 3.8) is 0 Å². The molecular formula is C16H15F2N. The van der Waals surface area contributed by atoms with Crippen molar-refractivity contribution in [3.05, 3.63) is 71.3 Å². The van der Waals surface area contributed by atoms with Gasteiger partial charge in [0.1, 0.15) is 11.6 Å². The SMILES string of the molecule is Fc1ccc(CC2(c3ccc(F)cc3)CNC2)cc1. The van der Waals surface area contributed by atoms with Gasteiger partial charge in [-0.2, -0.15) is 0 Å². The van der Waals surface area contributed by atoms with Gasteiger partial charge in [-0.05, 0) is 41.8 Å². The monoisotopic (exact) mass is 259 g/mol. The van der Waals surface area contributed by atoms with Crippen LogP contribution in [0.4, 0.5) is 8.78 Å². The molecule has 2 aromatic carbocycles. The maximum atomic E-state index is 13.0. The lowest BCUT2D eigenvalue weighted by Crippen LogP contribution is -2.58. The van der Waals surface area contributed by atoms with Crippen LogP contribution in [-0.2, 0) is 11.8 Å². The van der Waals surface area contributed by atoms with Gasteiger partial charge in [0.2, 0.25) is 0 Å². The number of rotatable bonds is 3. The Kier molecular flexibility index (Phi) is 3.07. The van der Waals surface area contributed by atoms with Crippen LogP contribution in [-0.4, -0.2) is 13.1 Å². The molecule has 0 amide bonds. The summed E-state index contributed by atoms with van der Waals surface area (Å²) in [7, 11) is 0. The van der Waals surface area contributed by atoms with E-state index in [0.29, 0.717) is 0 Å². The quantitative estimate of drug-likeness (QED) is 0.893. The second-order valence-corrected chi connectivity index (χ2v) is 5.19. The summed E-state index contributed by atoms with van der Waals surface area (Å²) < 4.78 is 25.9. The van der Waals surface area contributed by atoms with Gasteiger partial charge in [0, 0.05) is 18.5 Å². The van der Waals surface area contributed by atoms with Crippen LogP contribution in [0, 0.1) is 11.6 Å². The zero-order valence-corrected chi connectivity index (χ0v) is 10.5. The molecule has 0 aromatic heterocycles. The van der Waals surface area contributed by atoms with Crippen molar-refractivity contribution in [3.8, 4) is 0 Å². The molecule has 0 unspecified atom stereocenters. The average molecular weight is 259 g/mol. The molecule has 1 nitrogen and oxygen atoms in total. The topological polar surface area (TPSA) is 12.0 Å². The molecule has 19 heavy (non-hydrogen) atoms. The van der Waals surface area contributed by atoms with E-state index in [1.807, 2.05) is 24.3 Å². The summed E-state index contributed by atoms with van der Waals surface area (Å²) in [6.45, 7) is 1.74. The smallest absolute Gasteiger partial charge is 0.123 e. The second-order valence-electron chi connectivity index (χ2n) is 5.19. The molecule has 1 fully saturated rings. The number of hydrogen-bond acceptors (Lipinski definition) is 1. The van der Waals surface area contributed by atoms with Crippen LogP contribution in [0.2, 0.25) is 0 Å². The minimum Gasteiger partial charge on any atom is -0.315 e. The summed E-state index contributed by atoms with van der Waals surface area (Å²) in [5, 5.41) is 3.28. The van der Waals surface area contributed by atoms with Crippen molar-refractivity contribution in [2.24, 2.45) is 0 Å². The van der Waals surface area contributed by atoms with Crippen LogP contribution in [0.1, 0.15) is 11.1 Å². The molecule has 1 aliphatic rings. The van der Waals surface area contributed by atoms with E-state index < -0.39 is 0 Å². The van der Waals surface area contributed by atoms with Crippen LogP contribution in [0.5, 0.6) is 0 Å². The largest absolute Gasteiger partial charge is 0.315 e. The third-order valence-corrected chi connectivity index (χ3v) is 3.84. The maximum Gasteiger partial charge on any atom is 0.123 e. The highest BCUT2D eigenvalue weighted by molar-refractivity contribution is 5.33. The predicted octanol–water partition coefficient (Wildman–Crippen LogP) is 3.05. The Morgan fingerprint density at radius 3 is 1.84 bits per heavy atom. The molecular weight excluding hydrogens is 244 g/mol. The van der Waals surface area contributed by atoms with Crippen LogP contribution in [0.25, 0.3) is 0 Å². The molecule has 98 valence electrons. The van der Waals surface area contributed by atoms with Crippen LogP contribution >= 0.6 is 0 Å². The Balaban J connectivity index is 1.87. The Hall–Kier alpha value is -1.74. The van der Waals surface area contributed by atoms with Gasteiger partial charge in [0.25, 0.3) is 0 Å². The van der Waals surface area contributed by atoms with Crippen molar-refractivity contribution in [1.29, 1.82) is 0 Å². The zero-order chi connectivity index (χ0) is 13.3. The lowest BCUT2D eigenvalue weighted by Gasteiger charge is -2.43. The molecule has 0 bridgehead atoms. The number of nitrogens with one attached hydrogen (secondary N) is 1. The third kappa shape index (κ3) is 2.38. The van der Waals surface area contributed by atoms with Crippen LogP contribution in [0.3, 0.4) is 0 Å². The zero-order valence-electron chi connectivity index (χ0n) is 10.5. The van der Waals surface area contributed by atoms with E-state index in [4.69, 9.17) is 0 Å².